The fraction of sp³-hybridized carbons (Fsp3) is 0.591. The minimum absolute atomic E-state index is 0.0284. The number of nitrogens with one attached hydrogen (secondary N) is 2. The molecule has 0 fully saturated rings. The van der Waals surface area contributed by atoms with Crippen LogP contribution >= 0.6 is 0 Å². The Morgan fingerprint density at radius 2 is 1.46 bits per heavy atom. The molecule has 0 radical (unpaired) electrons. The van der Waals surface area contributed by atoms with Gasteiger partial charge in [0.05, 0.1) is 6.04 Å². The molecule has 1 aromatic carbocycles. The molecule has 1 rings (SSSR count). The van der Waals surface area contributed by atoms with Crippen LogP contribution in [0.1, 0.15) is 57.8 Å². The molecule has 2 amide bonds. The third-order valence-electron chi connectivity index (χ3n) is 4.23. The molecule has 2 N–H and O–H groups in total. The molecule has 156 valence electrons. The van der Waals surface area contributed by atoms with Crippen molar-refractivity contribution >= 4 is 17.6 Å². The minimum atomic E-state index is -0.706. The molecule has 0 bridgehead atoms. The van der Waals surface area contributed by atoms with Gasteiger partial charge in [-0.05, 0) is 43.7 Å². The molecule has 2 atom stereocenters. The van der Waals surface area contributed by atoms with Crippen LogP contribution in [-0.2, 0) is 14.3 Å². The fourth-order valence-electron chi connectivity index (χ4n) is 2.85. The Bertz CT molecular complexity index is 629. The van der Waals surface area contributed by atoms with Crippen molar-refractivity contribution in [3.8, 4) is 0 Å². The highest BCUT2D eigenvalue weighted by atomic mass is 16.5. The summed E-state index contributed by atoms with van der Waals surface area (Å²) in [4.78, 5) is 37.8. The monoisotopic (exact) mass is 390 g/mol. The maximum absolute atomic E-state index is 12.9. The standard InChI is InChI=1S/C22H34N2O4/c1-6-28-14-20(25)18(12-15(2)3)23-22(27)19(13-16(4)5)24-21(26)17-10-8-7-9-11-17/h7-11,15-16,18-19H,6,12-14H2,1-5H3,(H,23,27)(H,24,26)/t18-,19-/m0/s1. The lowest BCUT2D eigenvalue weighted by Gasteiger charge is -2.25. The summed E-state index contributed by atoms with van der Waals surface area (Å²) in [6.07, 6.45) is 1.01. The molecule has 0 aromatic heterocycles. The van der Waals surface area contributed by atoms with E-state index in [-0.39, 0.29) is 36.0 Å². The van der Waals surface area contributed by atoms with E-state index in [2.05, 4.69) is 10.6 Å². The molecule has 28 heavy (non-hydrogen) atoms. The topological polar surface area (TPSA) is 84.5 Å². The van der Waals surface area contributed by atoms with E-state index >= 15 is 0 Å². The molecule has 6 heteroatoms. The summed E-state index contributed by atoms with van der Waals surface area (Å²) < 4.78 is 5.22. The van der Waals surface area contributed by atoms with Crippen LogP contribution in [0.4, 0.5) is 0 Å². The van der Waals surface area contributed by atoms with Gasteiger partial charge in [0.25, 0.3) is 5.91 Å². The van der Waals surface area contributed by atoms with Crippen LogP contribution in [0.2, 0.25) is 0 Å². The van der Waals surface area contributed by atoms with Crippen LogP contribution in [-0.4, -0.2) is 42.9 Å². The largest absolute Gasteiger partial charge is 0.374 e. The van der Waals surface area contributed by atoms with Gasteiger partial charge in [0, 0.05) is 12.2 Å². The van der Waals surface area contributed by atoms with E-state index in [1.54, 1.807) is 24.3 Å². The molecule has 0 aliphatic rings. The van der Waals surface area contributed by atoms with E-state index < -0.39 is 12.1 Å². The maximum atomic E-state index is 12.9. The molecule has 0 aliphatic heterocycles. The lowest BCUT2D eigenvalue weighted by molar-refractivity contribution is -0.131. The van der Waals surface area contributed by atoms with Crippen molar-refractivity contribution in [2.75, 3.05) is 13.2 Å². The van der Waals surface area contributed by atoms with Crippen LogP contribution in [0.3, 0.4) is 0 Å². The zero-order chi connectivity index (χ0) is 21.1. The third kappa shape index (κ3) is 8.65. The lowest BCUT2D eigenvalue weighted by Crippen LogP contribution is -2.52. The average molecular weight is 391 g/mol. The van der Waals surface area contributed by atoms with Crippen LogP contribution in [0, 0.1) is 11.8 Å². The normalized spacial score (nSPS) is 13.2. The SMILES string of the molecule is CCOCC(=O)[C@H](CC(C)C)NC(=O)[C@H](CC(C)C)NC(=O)c1ccccc1. The number of rotatable bonds is 12. The van der Waals surface area contributed by atoms with Crippen LogP contribution in [0.5, 0.6) is 0 Å². The molecule has 0 saturated carbocycles. The summed E-state index contributed by atoms with van der Waals surface area (Å²) in [5, 5.41) is 5.65. The Labute approximate surface area is 168 Å². The van der Waals surface area contributed by atoms with Crippen LogP contribution < -0.4 is 10.6 Å². The highest BCUT2D eigenvalue weighted by molar-refractivity contribution is 5.98. The van der Waals surface area contributed by atoms with Gasteiger partial charge >= 0.3 is 0 Å². The zero-order valence-corrected chi connectivity index (χ0v) is 17.7. The van der Waals surface area contributed by atoms with E-state index in [4.69, 9.17) is 4.74 Å². The third-order valence-corrected chi connectivity index (χ3v) is 4.23. The number of ether oxygens (including phenoxy) is 1. The number of carbonyl (C=O) groups excluding carboxylic acids is 3. The molecule has 1 aromatic rings. The molecule has 0 heterocycles. The molecule has 0 saturated heterocycles. The summed E-state index contributed by atoms with van der Waals surface area (Å²) in [5.41, 5.74) is 0.496. The fourth-order valence-corrected chi connectivity index (χ4v) is 2.85. The van der Waals surface area contributed by atoms with Gasteiger partial charge in [-0.1, -0.05) is 45.9 Å². The second-order valence-corrected chi connectivity index (χ2v) is 7.82. The first-order valence-electron chi connectivity index (χ1n) is 10.0. The lowest BCUT2D eigenvalue weighted by atomic mass is 9.98. The highest BCUT2D eigenvalue weighted by Crippen LogP contribution is 2.10. The first-order valence-corrected chi connectivity index (χ1v) is 10.0. The van der Waals surface area contributed by atoms with Crippen LogP contribution in [0.15, 0.2) is 30.3 Å². The van der Waals surface area contributed by atoms with Crippen molar-refractivity contribution in [2.45, 2.75) is 59.5 Å². The number of amides is 2. The Balaban J connectivity index is 2.87. The van der Waals surface area contributed by atoms with Gasteiger partial charge in [-0.25, -0.2) is 0 Å². The van der Waals surface area contributed by atoms with Crippen molar-refractivity contribution in [1.82, 2.24) is 10.6 Å². The Kier molecular flexibility index (Phi) is 10.5. The van der Waals surface area contributed by atoms with Crippen molar-refractivity contribution < 1.29 is 19.1 Å². The number of hydrogen-bond acceptors (Lipinski definition) is 4. The Morgan fingerprint density at radius 3 is 2.00 bits per heavy atom. The summed E-state index contributed by atoms with van der Waals surface area (Å²) >= 11 is 0. The summed E-state index contributed by atoms with van der Waals surface area (Å²) in [6, 6.07) is 7.45. The van der Waals surface area contributed by atoms with Crippen molar-refractivity contribution in [1.29, 1.82) is 0 Å². The molecule has 0 spiro atoms. The van der Waals surface area contributed by atoms with Gasteiger partial charge < -0.3 is 15.4 Å². The molecule has 0 aliphatic carbocycles. The Morgan fingerprint density at radius 1 is 0.893 bits per heavy atom. The van der Waals surface area contributed by atoms with Gasteiger partial charge in [0.15, 0.2) is 5.78 Å². The first kappa shape index (κ1) is 23.8. The number of Topliss-reactive ketones (excluding diaryl/α,β-unsaturated/α-hetero) is 1. The number of hydrogen-bond donors (Lipinski definition) is 2. The molecular weight excluding hydrogens is 356 g/mol. The first-order chi connectivity index (χ1) is 13.2. The number of benzene rings is 1. The number of carbonyl (C=O) groups is 3. The molecule has 6 nitrogen and oxygen atoms in total. The smallest absolute Gasteiger partial charge is 0.251 e. The van der Waals surface area contributed by atoms with Gasteiger partial charge in [0.1, 0.15) is 12.6 Å². The second-order valence-electron chi connectivity index (χ2n) is 7.82. The molecular formula is C22H34N2O4. The summed E-state index contributed by atoms with van der Waals surface area (Å²) in [6.45, 7) is 10.2. The average Bonchev–Trinajstić information content (AvgIpc) is 2.64. The number of ketones is 1. The van der Waals surface area contributed by atoms with E-state index in [1.165, 1.54) is 0 Å². The van der Waals surface area contributed by atoms with Gasteiger partial charge in [-0.2, -0.15) is 0 Å². The zero-order valence-electron chi connectivity index (χ0n) is 17.7. The van der Waals surface area contributed by atoms with Crippen molar-refractivity contribution in [3.63, 3.8) is 0 Å². The van der Waals surface area contributed by atoms with Gasteiger partial charge in [-0.3, -0.25) is 14.4 Å². The van der Waals surface area contributed by atoms with E-state index in [9.17, 15) is 14.4 Å². The van der Waals surface area contributed by atoms with Gasteiger partial charge in [0.2, 0.25) is 5.91 Å². The molecule has 0 unspecified atom stereocenters. The van der Waals surface area contributed by atoms with Gasteiger partial charge in [-0.15, -0.1) is 0 Å². The second kappa shape index (κ2) is 12.3. The predicted molar refractivity (Wildman–Crippen MR) is 110 cm³/mol. The minimum Gasteiger partial charge on any atom is -0.374 e. The van der Waals surface area contributed by atoms with Crippen molar-refractivity contribution in [2.24, 2.45) is 11.8 Å². The van der Waals surface area contributed by atoms with Crippen molar-refractivity contribution in [3.05, 3.63) is 35.9 Å². The predicted octanol–water partition coefficient (Wildman–Crippen LogP) is 2.97. The van der Waals surface area contributed by atoms with E-state index in [1.807, 2.05) is 40.7 Å². The summed E-state index contributed by atoms with van der Waals surface area (Å²) in [5.74, 6) is -0.356. The van der Waals surface area contributed by atoms with Crippen LogP contribution in [0.25, 0.3) is 0 Å². The Hall–Kier alpha value is -2.21. The highest BCUT2D eigenvalue weighted by Gasteiger charge is 2.28. The van der Waals surface area contributed by atoms with E-state index in [0.29, 0.717) is 25.0 Å². The quantitative estimate of drug-likeness (QED) is 0.575. The summed E-state index contributed by atoms with van der Waals surface area (Å²) in [7, 11) is 0. The maximum Gasteiger partial charge on any atom is 0.251 e. The van der Waals surface area contributed by atoms with E-state index in [0.717, 1.165) is 0 Å².